The third-order valence-corrected chi connectivity index (χ3v) is 4.90. The molecule has 3 rings (SSSR count). The minimum atomic E-state index is -0.382. The number of ether oxygens (including phenoxy) is 2. The SMILES string of the molecule is COc1cc2c(C(=O)N(C)c3ccc(F)cc3)cn(CC(C)C)c(=O)c2cc1OC. The Balaban J connectivity index is 2.24. The molecule has 3 aromatic rings. The molecule has 0 saturated carbocycles. The number of halogens is 1. The second-order valence-electron chi connectivity index (χ2n) is 7.49. The van der Waals surface area contributed by atoms with Gasteiger partial charge in [0.1, 0.15) is 5.82 Å². The van der Waals surface area contributed by atoms with Gasteiger partial charge in [0.15, 0.2) is 11.5 Å². The van der Waals surface area contributed by atoms with Gasteiger partial charge in [-0.2, -0.15) is 0 Å². The van der Waals surface area contributed by atoms with E-state index >= 15 is 0 Å². The number of methoxy groups -OCH3 is 2. The van der Waals surface area contributed by atoms with Gasteiger partial charge in [0.2, 0.25) is 0 Å². The van der Waals surface area contributed by atoms with Crippen LogP contribution in [0.5, 0.6) is 11.5 Å². The molecule has 0 fully saturated rings. The molecule has 0 aliphatic carbocycles. The summed E-state index contributed by atoms with van der Waals surface area (Å²) in [5.74, 6) is 0.334. The number of nitrogens with zero attached hydrogens (tertiary/aromatic N) is 2. The van der Waals surface area contributed by atoms with Crippen LogP contribution in [0.1, 0.15) is 24.2 Å². The summed E-state index contributed by atoms with van der Waals surface area (Å²) in [6, 6.07) is 8.89. The molecule has 0 aliphatic rings. The first-order valence-electron chi connectivity index (χ1n) is 9.59. The first-order valence-corrected chi connectivity index (χ1v) is 9.59. The van der Waals surface area contributed by atoms with Gasteiger partial charge in [0.05, 0.1) is 25.2 Å². The Morgan fingerprint density at radius 3 is 2.17 bits per heavy atom. The molecule has 0 atom stereocenters. The predicted molar refractivity (Wildman–Crippen MR) is 115 cm³/mol. The van der Waals surface area contributed by atoms with Crippen molar-refractivity contribution in [2.45, 2.75) is 20.4 Å². The van der Waals surface area contributed by atoms with E-state index in [0.29, 0.717) is 40.1 Å². The summed E-state index contributed by atoms with van der Waals surface area (Å²) in [7, 11) is 4.60. The molecule has 1 heterocycles. The van der Waals surface area contributed by atoms with Crippen LogP contribution in [0, 0.1) is 11.7 Å². The lowest BCUT2D eigenvalue weighted by molar-refractivity contribution is 0.0993. The number of carbonyl (C=O) groups excluding carboxylic acids is 1. The van der Waals surface area contributed by atoms with E-state index in [1.165, 1.54) is 43.4 Å². The highest BCUT2D eigenvalue weighted by Crippen LogP contribution is 2.33. The summed E-state index contributed by atoms with van der Waals surface area (Å²) in [6.45, 7) is 4.46. The lowest BCUT2D eigenvalue weighted by Crippen LogP contribution is -2.30. The quantitative estimate of drug-likeness (QED) is 0.612. The summed E-state index contributed by atoms with van der Waals surface area (Å²) >= 11 is 0. The molecule has 0 bridgehead atoms. The predicted octanol–water partition coefficient (Wildman–Crippen LogP) is 4.09. The van der Waals surface area contributed by atoms with E-state index in [2.05, 4.69) is 0 Å². The Morgan fingerprint density at radius 1 is 1.07 bits per heavy atom. The molecule has 158 valence electrons. The Hall–Kier alpha value is -3.35. The molecule has 2 aromatic carbocycles. The van der Waals surface area contributed by atoms with E-state index in [1.54, 1.807) is 29.9 Å². The fourth-order valence-electron chi connectivity index (χ4n) is 3.38. The number of fused-ring (bicyclic) bond motifs is 1. The Bertz CT molecular complexity index is 1140. The molecule has 30 heavy (non-hydrogen) atoms. The monoisotopic (exact) mass is 412 g/mol. The van der Waals surface area contributed by atoms with Gasteiger partial charge < -0.3 is 18.9 Å². The van der Waals surface area contributed by atoms with Crippen LogP contribution in [0.3, 0.4) is 0 Å². The fourth-order valence-corrected chi connectivity index (χ4v) is 3.38. The number of hydrogen-bond acceptors (Lipinski definition) is 4. The maximum absolute atomic E-state index is 13.4. The number of aromatic nitrogens is 1. The molecule has 0 radical (unpaired) electrons. The van der Waals surface area contributed by atoms with Gasteiger partial charge >= 0.3 is 0 Å². The number of carbonyl (C=O) groups is 1. The van der Waals surface area contributed by atoms with Gasteiger partial charge in [-0.25, -0.2) is 4.39 Å². The average molecular weight is 412 g/mol. The smallest absolute Gasteiger partial charge is 0.260 e. The third kappa shape index (κ3) is 4.01. The summed E-state index contributed by atoms with van der Waals surface area (Å²) in [5.41, 5.74) is 0.676. The summed E-state index contributed by atoms with van der Waals surface area (Å²) in [6.07, 6.45) is 1.58. The number of amides is 1. The number of pyridine rings is 1. The van der Waals surface area contributed by atoms with Crippen molar-refractivity contribution < 1.29 is 18.7 Å². The van der Waals surface area contributed by atoms with E-state index in [9.17, 15) is 14.0 Å². The molecule has 0 unspecified atom stereocenters. The zero-order chi connectivity index (χ0) is 22.0. The standard InChI is InChI=1S/C23H25FN2O4/c1-14(2)12-26-13-19(22(27)25(3)16-8-6-15(24)7-9-16)17-10-20(29-4)21(30-5)11-18(17)23(26)28/h6-11,13-14H,12H2,1-5H3. The van der Waals surface area contributed by atoms with Gasteiger partial charge in [-0.05, 0) is 42.3 Å². The highest BCUT2D eigenvalue weighted by atomic mass is 19.1. The third-order valence-electron chi connectivity index (χ3n) is 4.90. The Morgan fingerprint density at radius 2 is 1.63 bits per heavy atom. The van der Waals surface area contributed by atoms with Crippen molar-refractivity contribution in [3.63, 3.8) is 0 Å². The van der Waals surface area contributed by atoms with Crippen molar-refractivity contribution in [1.82, 2.24) is 4.57 Å². The van der Waals surface area contributed by atoms with Crippen molar-refractivity contribution in [3.05, 3.63) is 64.3 Å². The van der Waals surface area contributed by atoms with Crippen LogP contribution in [0.15, 0.2) is 47.4 Å². The van der Waals surface area contributed by atoms with Crippen LogP contribution in [0.25, 0.3) is 10.8 Å². The lowest BCUT2D eigenvalue weighted by atomic mass is 10.0. The molecule has 7 heteroatoms. The second-order valence-corrected chi connectivity index (χ2v) is 7.49. The van der Waals surface area contributed by atoms with Gasteiger partial charge in [-0.1, -0.05) is 13.8 Å². The zero-order valence-corrected chi connectivity index (χ0v) is 17.7. The Labute approximate surface area is 174 Å². The van der Waals surface area contributed by atoms with Crippen molar-refractivity contribution in [2.24, 2.45) is 5.92 Å². The van der Waals surface area contributed by atoms with Crippen LogP contribution in [0.2, 0.25) is 0 Å². The van der Waals surface area contributed by atoms with E-state index in [1.807, 2.05) is 13.8 Å². The van der Waals surface area contributed by atoms with Crippen LogP contribution in [0.4, 0.5) is 10.1 Å². The summed E-state index contributed by atoms with van der Waals surface area (Å²) < 4.78 is 25.6. The van der Waals surface area contributed by atoms with Crippen LogP contribution < -0.4 is 19.9 Å². The first-order chi connectivity index (χ1) is 14.3. The second kappa shape index (κ2) is 8.57. The minimum Gasteiger partial charge on any atom is -0.493 e. The van der Waals surface area contributed by atoms with E-state index in [-0.39, 0.29) is 23.2 Å². The molecular weight excluding hydrogens is 387 g/mol. The van der Waals surface area contributed by atoms with Crippen molar-refractivity contribution in [2.75, 3.05) is 26.2 Å². The lowest BCUT2D eigenvalue weighted by Gasteiger charge is -2.20. The van der Waals surface area contributed by atoms with Crippen molar-refractivity contribution >= 4 is 22.4 Å². The van der Waals surface area contributed by atoms with E-state index in [0.717, 1.165) is 0 Å². The van der Waals surface area contributed by atoms with Crippen LogP contribution >= 0.6 is 0 Å². The van der Waals surface area contributed by atoms with Crippen molar-refractivity contribution in [3.8, 4) is 11.5 Å². The zero-order valence-electron chi connectivity index (χ0n) is 17.7. The number of anilines is 1. The highest BCUT2D eigenvalue weighted by Gasteiger charge is 2.22. The molecule has 6 nitrogen and oxygen atoms in total. The van der Waals surface area contributed by atoms with Gasteiger partial charge in [0, 0.05) is 30.9 Å². The first kappa shape index (κ1) is 21.4. The molecule has 0 N–H and O–H groups in total. The molecule has 0 aliphatic heterocycles. The molecule has 1 amide bonds. The summed E-state index contributed by atoms with van der Waals surface area (Å²) in [5, 5.41) is 0.836. The van der Waals surface area contributed by atoms with Crippen LogP contribution in [-0.2, 0) is 6.54 Å². The summed E-state index contributed by atoms with van der Waals surface area (Å²) in [4.78, 5) is 27.9. The van der Waals surface area contributed by atoms with Crippen LogP contribution in [-0.4, -0.2) is 31.7 Å². The maximum Gasteiger partial charge on any atom is 0.260 e. The number of hydrogen-bond donors (Lipinski definition) is 0. The average Bonchev–Trinajstić information content (AvgIpc) is 2.74. The molecule has 1 aromatic heterocycles. The largest absolute Gasteiger partial charge is 0.493 e. The normalized spacial score (nSPS) is 11.0. The maximum atomic E-state index is 13.4. The Kier molecular flexibility index (Phi) is 6.10. The topological polar surface area (TPSA) is 60.8 Å². The van der Waals surface area contributed by atoms with E-state index < -0.39 is 0 Å². The molecule has 0 saturated heterocycles. The van der Waals surface area contributed by atoms with Gasteiger partial charge in [-0.3, -0.25) is 9.59 Å². The van der Waals surface area contributed by atoms with Gasteiger partial charge in [0.25, 0.3) is 11.5 Å². The van der Waals surface area contributed by atoms with Gasteiger partial charge in [-0.15, -0.1) is 0 Å². The van der Waals surface area contributed by atoms with Crippen molar-refractivity contribution in [1.29, 1.82) is 0 Å². The number of rotatable bonds is 6. The number of benzene rings is 2. The fraction of sp³-hybridized carbons (Fsp3) is 0.304. The minimum absolute atomic E-state index is 0.207. The van der Waals surface area contributed by atoms with E-state index in [4.69, 9.17) is 9.47 Å². The molecular formula is C23H25FN2O4. The molecule has 0 spiro atoms. The highest BCUT2D eigenvalue weighted by molar-refractivity contribution is 6.14.